The molecule has 1 amide bonds. The van der Waals surface area contributed by atoms with Gasteiger partial charge in [-0.15, -0.1) is 0 Å². The van der Waals surface area contributed by atoms with Gasteiger partial charge in [0.25, 0.3) is 0 Å². The van der Waals surface area contributed by atoms with Crippen molar-refractivity contribution in [1.82, 2.24) is 5.32 Å². The lowest BCUT2D eigenvalue weighted by molar-refractivity contribution is -0.359. The third-order valence-corrected chi connectivity index (χ3v) is 15.2. The third-order valence-electron chi connectivity index (χ3n) is 15.2. The van der Waals surface area contributed by atoms with Crippen LogP contribution in [-0.4, -0.2) is 140 Å². The number of unbranched alkanes of at least 4 members (excludes halogenated alkanes) is 34. The van der Waals surface area contributed by atoms with E-state index in [-0.39, 0.29) is 12.5 Å². The summed E-state index contributed by atoms with van der Waals surface area (Å²) in [7, 11) is 0. The lowest BCUT2D eigenvalue weighted by Crippen LogP contribution is -2.65. The van der Waals surface area contributed by atoms with Crippen molar-refractivity contribution in [2.45, 2.75) is 338 Å². The molecule has 73 heavy (non-hydrogen) atoms. The first kappa shape index (κ1) is 67.8. The van der Waals surface area contributed by atoms with Gasteiger partial charge in [-0.2, -0.15) is 0 Å². The monoisotopic (exact) mass is 1040 g/mol. The summed E-state index contributed by atoms with van der Waals surface area (Å²) in [6.45, 7) is 2.89. The summed E-state index contributed by atoms with van der Waals surface area (Å²) in [4.78, 5) is 13.3. The largest absolute Gasteiger partial charge is 0.394 e. The van der Waals surface area contributed by atoms with Crippen LogP contribution in [0.25, 0.3) is 0 Å². The van der Waals surface area contributed by atoms with Crippen molar-refractivity contribution >= 4 is 5.91 Å². The summed E-state index contributed by atoms with van der Waals surface area (Å²) in [6.07, 6.45) is 34.9. The first-order valence-corrected chi connectivity index (χ1v) is 30.4. The zero-order chi connectivity index (χ0) is 53.2. The molecule has 9 N–H and O–H groups in total. The molecule has 2 aliphatic rings. The molecular weight excluding hydrogens is 931 g/mol. The number of rotatable bonds is 49. The number of carbonyl (C=O) groups excluding carboxylic acids is 1. The Morgan fingerprint density at radius 1 is 0.479 bits per heavy atom. The number of allylic oxidation sites excluding steroid dienone is 2. The molecule has 0 bridgehead atoms. The van der Waals surface area contributed by atoms with Crippen LogP contribution in [0.3, 0.4) is 0 Å². The summed E-state index contributed by atoms with van der Waals surface area (Å²) in [6, 6.07) is -0.826. The van der Waals surface area contributed by atoms with Crippen LogP contribution in [0.15, 0.2) is 12.2 Å². The van der Waals surface area contributed by atoms with Gasteiger partial charge in [0.05, 0.1) is 32.0 Å². The Bertz CT molecular complexity index is 1280. The molecule has 0 radical (unpaired) electrons. The van der Waals surface area contributed by atoms with Crippen molar-refractivity contribution in [2.24, 2.45) is 0 Å². The minimum atomic E-state index is -1.78. The van der Waals surface area contributed by atoms with Gasteiger partial charge in [-0.25, -0.2) is 0 Å². The maximum absolute atomic E-state index is 13.3. The zero-order valence-electron chi connectivity index (χ0n) is 46.4. The Balaban J connectivity index is 1.73. The van der Waals surface area contributed by atoms with Gasteiger partial charge in [0.2, 0.25) is 5.91 Å². The highest BCUT2D eigenvalue weighted by atomic mass is 16.7. The second-order valence-electron chi connectivity index (χ2n) is 21.8. The number of amides is 1. The van der Waals surface area contributed by atoms with Crippen molar-refractivity contribution in [3.63, 3.8) is 0 Å². The fraction of sp³-hybridized carbons (Fsp3) is 0.949. The average molecular weight is 1040 g/mol. The van der Waals surface area contributed by atoms with Gasteiger partial charge >= 0.3 is 0 Å². The molecule has 0 aromatic rings. The normalized spacial score (nSPS) is 25.4. The molecule has 0 aromatic heterocycles. The molecule has 2 aliphatic heterocycles. The van der Waals surface area contributed by atoms with Crippen LogP contribution in [0.5, 0.6) is 0 Å². The fourth-order valence-electron chi connectivity index (χ4n) is 10.3. The predicted molar refractivity (Wildman–Crippen MR) is 291 cm³/mol. The molecule has 0 aromatic carbocycles. The molecule has 12 atom stereocenters. The van der Waals surface area contributed by atoms with Crippen LogP contribution in [0.1, 0.15) is 264 Å². The molecule has 12 unspecified atom stereocenters. The standard InChI is InChI=1S/C59H113NO13/c1-3-5-7-9-11-13-15-17-19-21-22-23-24-25-26-27-29-31-33-35-37-39-41-43-51(64)60-47(48(63)42-40-38-36-34-32-30-28-20-18-16-14-12-10-8-6-4-2)46-70-58-56(69)54(67)57(50(45-62)72-58)73-59-55(68)53(66)52(65)49(44-61)71-59/h21-22,47-50,52-59,61-63,65-69H,3-20,23-46H2,1-2H3,(H,60,64)/b22-21-. The molecule has 2 fully saturated rings. The van der Waals surface area contributed by atoms with E-state index in [0.717, 1.165) is 51.4 Å². The molecular formula is C59H113NO13. The topological polar surface area (TPSA) is 228 Å². The van der Waals surface area contributed by atoms with E-state index >= 15 is 0 Å². The number of aliphatic hydroxyl groups is 8. The van der Waals surface area contributed by atoms with Crippen molar-refractivity contribution < 1.29 is 64.6 Å². The smallest absolute Gasteiger partial charge is 0.220 e. The van der Waals surface area contributed by atoms with E-state index in [1.807, 2.05) is 0 Å². The minimum absolute atomic E-state index is 0.204. The highest BCUT2D eigenvalue weighted by Gasteiger charge is 2.51. The van der Waals surface area contributed by atoms with Crippen LogP contribution in [0.4, 0.5) is 0 Å². The Morgan fingerprint density at radius 2 is 0.863 bits per heavy atom. The summed E-state index contributed by atoms with van der Waals surface area (Å²) < 4.78 is 22.8. The second kappa shape index (κ2) is 45.7. The average Bonchev–Trinajstić information content (AvgIpc) is 3.39. The van der Waals surface area contributed by atoms with E-state index in [4.69, 9.17) is 18.9 Å². The summed E-state index contributed by atoms with van der Waals surface area (Å²) in [5, 5.41) is 87.3. The molecule has 14 nitrogen and oxygen atoms in total. The molecule has 0 aliphatic carbocycles. The Labute approximate surface area is 444 Å². The summed E-state index contributed by atoms with van der Waals surface area (Å²) in [5.74, 6) is -0.204. The lowest BCUT2D eigenvalue weighted by atomic mass is 9.97. The van der Waals surface area contributed by atoms with Crippen molar-refractivity contribution in [1.29, 1.82) is 0 Å². The maximum Gasteiger partial charge on any atom is 0.220 e. The highest BCUT2D eigenvalue weighted by molar-refractivity contribution is 5.76. The number of hydrogen-bond donors (Lipinski definition) is 9. The molecule has 2 rings (SSSR count). The van der Waals surface area contributed by atoms with Gasteiger partial charge < -0.3 is 65.1 Å². The van der Waals surface area contributed by atoms with Gasteiger partial charge in [0.15, 0.2) is 12.6 Å². The van der Waals surface area contributed by atoms with E-state index in [0.29, 0.717) is 12.8 Å². The Morgan fingerprint density at radius 3 is 1.30 bits per heavy atom. The molecule has 432 valence electrons. The van der Waals surface area contributed by atoms with Crippen LogP contribution in [0, 0.1) is 0 Å². The van der Waals surface area contributed by atoms with Crippen LogP contribution in [-0.2, 0) is 23.7 Å². The fourth-order valence-corrected chi connectivity index (χ4v) is 10.3. The zero-order valence-corrected chi connectivity index (χ0v) is 46.4. The molecule has 0 spiro atoms. The Hall–Kier alpha value is -1.27. The number of aliphatic hydroxyl groups excluding tert-OH is 8. The predicted octanol–water partition coefficient (Wildman–Crippen LogP) is 10.3. The van der Waals surface area contributed by atoms with Gasteiger partial charge in [0.1, 0.15) is 48.8 Å². The highest BCUT2D eigenvalue weighted by Crippen LogP contribution is 2.30. The van der Waals surface area contributed by atoms with Gasteiger partial charge in [-0.3, -0.25) is 4.79 Å². The van der Waals surface area contributed by atoms with Crippen molar-refractivity contribution in [2.75, 3.05) is 19.8 Å². The number of nitrogens with one attached hydrogen (secondary N) is 1. The quantitative estimate of drug-likeness (QED) is 0.0204. The van der Waals surface area contributed by atoms with Crippen LogP contribution < -0.4 is 5.32 Å². The summed E-state index contributed by atoms with van der Waals surface area (Å²) in [5.41, 5.74) is 0. The van der Waals surface area contributed by atoms with E-state index in [1.165, 1.54) is 186 Å². The van der Waals surface area contributed by atoms with Gasteiger partial charge in [-0.05, 0) is 38.5 Å². The van der Waals surface area contributed by atoms with Crippen LogP contribution in [0.2, 0.25) is 0 Å². The van der Waals surface area contributed by atoms with Crippen LogP contribution >= 0.6 is 0 Å². The number of hydrogen-bond acceptors (Lipinski definition) is 13. The van der Waals surface area contributed by atoms with E-state index in [9.17, 15) is 45.6 Å². The Kier molecular flexibility index (Phi) is 42.5. The van der Waals surface area contributed by atoms with Gasteiger partial charge in [0, 0.05) is 6.42 Å². The second-order valence-corrected chi connectivity index (χ2v) is 21.8. The van der Waals surface area contributed by atoms with E-state index < -0.39 is 86.8 Å². The first-order chi connectivity index (χ1) is 35.6. The summed E-state index contributed by atoms with van der Waals surface area (Å²) >= 11 is 0. The number of ether oxygens (including phenoxy) is 4. The van der Waals surface area contributed by atoms with E-state index in [1.54, 1.807) is 0 Å². The maximum atomic E-state index is 13.3. The SMILES string of the molecule is CCCCCCCCCC/C=C\CCCCCCCCCCCCCC(=O)NC(COC1OC(CO)C(OC2OC(CO)C(O)C(O)C2O)C(O)C1O)C(O)CCCCCCCCCCCCCCCCCC. The molecule has 2 heterocycles. The lowest BCUT2D eigenvalue weighted by Gasteiger charge is -2.46. The molecule has 0 saturated carbocycles. The third kappa shape index (κ3) is 31.7. The first-order valence-electron chi connectivity index (χ1n) is 30.4. The number of carbonyl (C=O) groups is 1. The van der Waals surface area contributed by atoms with Crippen molar-refractivity contribution in [3.05, 3.63) is 12.2 Å². The van der Waals surface area contributed by atoms with E-state index in [2.05, 4.69) is 31.3 Å². The van der Waals surface area contributed by atoms with Gasteiger partial charge in [-0.1, -0.05) is 231 Å². The molecule has 2 saturated heterocycles. The van der Waals surface area contributed by atoms with Crippen molar-refractivity contribution in [3.8, 4) is 0 Å². The molecule has 14 heteroatoms. The minimum Gasteiger partial charge on any atom is -0.394 e.